The Morgan fingerprint density at radius 2 is 1.90 bits per heavy atom. The third-order valence-electron chi connectivity index (χ3n) is 3.21. The van der Waals surface area contributed by atoms with E-state index in [0.717, 1.165) is 41.2 Å². The number of nitrogens with zero attached hydrogens (tertiary/aromatic N) is 1. The van der Waals surface area contributed by atoms with Gasteiger partial charge in [-0.25, -0.2) is 4.98 Å². The highest BCUT2D eigenvalue weighted by Gasteiger charge is 2.30. The molecule has 0 saturated heterocycles. The molecular weight excluding hydrogens is 297 g/mol. The van der Waals surface area contributed by atoms with E-state index in [1.807, 2.05) is 6.92 Å². The van der Waals surface area contributed by atoms with Crippen molar-refractivity contribution in [1.82, 2.24) is 10.3 Å². The molecule has 1 heterocycles. The van der Waals surface area contributed by atoms with Crippen LogP contribution in [0.5, 0.6) is 0 Å². The zero-order valence-corrected chi connectivity index (χ0v) is 12.7. The molecule has 1 aromatic carbocycles. The van der Waals surface area contributed by atoms with Crippen molar-refractivity contribution in [2.24, 2.45) is 0 Å². The number of hydrogen-bond donors (Lipinski definition) is 1. The number of alkyl halides is 3. The second kappa shape index (κ2) is 6.58. The maximum Gasteiger partial charge on any atom is 0.416 e. The minimum absolute atomic E-state index is 0.111. The first kappa shape index (κ1) is 16.0. The molecule has 0 bridgehead atoms. The summed E-state index contributed by atoms with van der Waals surface area (Å²) in [5.41, 5.74) is 2.87. The van der Waals surface area contributed by atoms with Gasteiger partial charge in [0.25, 0.3) is 0 Å². The molecule has 0 spiro atoms. The summed E-state index contributed by atoms with van der Waals surface area (Å²) < 4.78 is 37.9. The number of rotatable bonds is 5. The normalized spacial score (nSPS) is 13.4. The lowest BCUT2D eigenvalue weighted by Gasteiger charge is -2.19. The van der Waals surface area contributed by atoms with Crippen LogP contribution < -0.4 is 5.32 Å². The molecule has 1 N–H and O–H groups in total. The van der Waals surface area contributed by atoms with E-state index in [2.05, 4.69) is 17.2 Å². The van der Waals surface area contributed by atoms with Crippen LogP contribution >= 0.6 is 11.3 Å². The lowest BCUT2D eigenvalue weighted by atomic mass is 10.0. The molecule has 1 aromatic heterocycles. The topological polar surface area (TPSA) is 24.9 Å². The molecule has 2 nitrogen and oxygen atoms in total. The van der Waals surface area contributed by atoms with Crippen molar-refractivity contribution in [1.29, 1.82) is 0 Å². The molecule has 1 unspecified atom stereocenters. The first-order chi connectivity index (χ1) is 9.93. The molecular formula is C15H17F3N2S. The van der Waals surface area contributed by atoms with Crippen molar-refractivity contribution in [3.8, 4) is 0 Å². The first-order valence-electron chi connectivity index (χ1n) is 6.74. The van der Waals surface area contributed by atoms with E-state index >= 15 is 0 Å². The van der Waals surface area contributed by atoms with Crippen LogP contribution in [0, 0.1) is 6.92 Å². The molecule has 2 rings (SSSR count). The van der Waals surface area contributed by atoms with Gasteiger partial charge in [0.05, 0.1) is 22.8 Å². The maximum atomic E-state index is 12.6. The van der Waals surface area contributed by atoms with Crippen LogP contribution in [-0.4, -0.2) is 11.5 Å². The zero-order chi connectivity index (χ0) is 15.5. The Morgan fingerprint density at radius 1 is 1.24 bits per heavy atom. The number of thiazole rings is 1. The SMILES string of the molecule is CCCNC(c1ccc(C(F)(F)F)cc1)c1scnc1C. The van der Waals surface area contributed by atoms with Gasteiger partial charge in [-0.05, 0) is 37.6 Å². The fourth-order valence-corrected chi connectivity index (χ4v) is 3.01. The highest BCUT2D eigenvalue weighted by molar-refractivity contribution is 7.09. The van der Waals surface area contributed by atoms with Gasteiger partial charge in [0, 0.05) is 4.88 Å². The standard InChI is InChI=1S/C15H17F3N2S/c1-3-8-19-13(14-10(2)20-9-21-14)11-4-6-12(7-5-11)15(16,17)18/h4-7,9,13,19H,3,8H2,1-2H3. The van der Waals surface area contributed by atoms with Crippen LogP contribution in [-0.2, 0) is 6.18 Å². The van der Waals surface area contributed by atoms with Gasteiger partial charge in [0.1, 0.15) is 0 Å². The largest absolute Gasteiger partial charge is 0.416 e. The molecule has 0 saturated carbocycles. The van der Waals surface area contributed by atoms with Crippen LogP contribution in [0.4, 0.5) is 13.2 Å². The van der Waals surface area contributed by atoms with E-state index in [4.69, 9.17) is 0 Å². The third kappa shape index (κ3) is 3.83. The molecule has 0 aliphatic heterocycles. The molecule has 21 heavy (non-hydrogen) atoms. The zero-order valence-electron chi connectivity index (χ0n) is 11.9. The third-order valence-corrected chi connectivity index (χ3v) is 4.21. The van der Waals surface area contributed by atoms with Crippen molar-refractivity contribution < 1.29 is 13.2 Å². The Balaban J connectivity index is 2.31. The van der Waals surface area contributed by atoms with E-state index in [9.17, 15) is 13.2 Å². The number of aromatic nitrogens is 1. The van der Waals surface area contributed by atoms with Crippen molar-refractivity contribution in [3.05, 3.63) is 51.5 Å². The Morgan fingerprint density at radius 3 is 2.38 bits per heavy atom. The second-order valence-corrected chi connectivity index (χ2v) is 5.70. The highest BCUT2D eigenvalue weighted by atomic mass is 32.1. The smallest absolute Gasteiger partial charge is 0.306 e. The second-order valence-electron chi connectivity index (χ2n) is 4.81. The summed E-state index contributed by atoms with van der Waals surface area (Å²) in [5, 5.41) is 3.38. The molecule has 2 aromatic rings. The van der Waals surface area contributed by atoms with E-state index in [1.54, 1.807) is 5.51 Å². The quantitative estimate of drug-likeness (QED) is 0.875. The van der Waals surface area contributed by atoms with Gasteiger partial charge in [-0.15, -0.1) is 11.3 Å². The van der Waals surface area contributed by atoms with Crippen molar-refractivity contribution >= 4 is 11.3 Å². The number of halogens is 3. The summed E-state index contributed by atoms with van der Waals surface area (Å²) >= 11 is 1.52. The lowest BCUT2D eigenvalue weighted by molar-refractivity contribution is -0.137. The molecule has 114 valence electrons. The monoisotopic (exact) mass is 314 g/mol. The minimum atomic E-state index is -4.30. The molecule has 6 heteroatoms. The molecule has 0 amide bonds. The van der Waals surface area contributed by atoms with Gasteiger partial charge in [-0.1, -0.05) is 19.1 Å². The molecule has 0 radical (unpaired) electrons. The van der Waals surface area contributed by atoms with Gasteiger partial charge >= 0.3 is 6.18 Å². The molecule has 0 aliphatic carbocycles. The molecule has 1 atom stereocenters. The fourth-order valence-electron chi connectivity index (χ4n) is 2.10. The van der Waals surface area contributed by atoms with Crippen molar-refractivity contribution in [2.75, 3.05) is 6.54 Å². The highest BCUT2D eigenvalue weighted by Crippen LogP contribution is 2.32. The van der Waals surface area contributed by atoms with Gasteiger partial charge < -0.3 is 5.32 Å². The number of aryl methyl sites for hydroxylation is 1. The summed E-state index contributed by atoms with van der Waals surface area (Å²) in [6, 6.07) is 5.23. The predicted molar refractivity (Wildman–Crippen MR) is 78.4 cm³/mol. The van der Waals surface area contributed by atoms with Crippen molar-refractivity contribution in [2.45, 2.75) is 32.5 Å². The average molecular weight is 314 g/mol. The fraction of sp³-hybridized carbons (Fsp3) is 0.400. The summed E-state index contributed by atoms with van der Waals surface area (Å²) in [4.78, 5) is 5.27. The Bertz CT molecular complexity index is 575. The molecule has 0 fully saturated rings. The maximum absolute atomic E-state index is 12.6. The minimum Gasteiger partial charge on any atom is -0.306 e. The van der Waals surface area contributed by atoms with Crippen LogP contribution in [0.25, 0.3) is 0 Å². The van der Waals surface area contributed by atoms with E-state index < -0.39 is 11.7 Å². The van der Waals surface area contributed by atoms with E-state index in [-0.39, 0.29) is 6.04 Å². The Kier molecular flexibility index (Phi) is 5.00. The van der Waals surface area contributed by atoms with Crippen LogP contribution in [0.2, 0.25) is 0 Å². The Hall–Kier alpha value is -1.40. The number of benzene rings is 1. The van der Waals surface area contributed by atoms with Gasteiger partial charge in [0.15, 0.2) is 0 Å². The van der Waals surface area contributed by atoms with Gasteiger partial charge in [0.2, 0.25) is 0 Å². The predicted octanol–water partition coefficient (Wildman–Crippen LogP) is 4.56. The Labute approximate surface area is 126 Å². The van der Waals surface area contributed by atoms with E-state index in [1.165, 1.54) is 23.5 Å². The molecule has 0 aliphatic rings. The number of hydrogen-bond acceptors (Lipinski definition) is 3. The lowest BCUT2D eigenvalue weighted by Crippen LogP contribution is -2.23. The van der Waals surface area contributed by atoms with Gasteiger partial charge in [-0.3, -0.25) is 0 Å². The van der Waals surface area contributed by atoms with Crippen LogP contribution in [0.15, 0.2) is 29.8 Å². The average Bonchev–Trinajstić information content (AvgIpc) is 2.85. The number of nitrogens with one attached hydrogen (secondary N) is 1. The summed E-state index contributed by atoms with van der Waals surface area (Å²) in [6.45, 7) is 4.76. The van der Waals surface area contributed by atoms with Crippen LogP contribution in [0.3, 0.4) is 0 Å². The first-order valence-corrected chi connectivity index (χ1v) is 7.62. The summed E-state index contributed by atoms with van der Waals surface area (Å²) in [7, 11) is 0. The van der Waals surface area contributed by atoms with Crippen LogP contribution in [0.1, 0.15) is 41.1 Å². The van der Waals surface area contributed by atoms with E-state index in [0.29, 0.717) is 0 Å². The van der Waals surface area contributed by atoms with Crippen molar-refractivity contribution in [3.63, 3.8) is 0 Å². The van der Waals surface area contributed by atoms with Gasteiger partial charge in [-0.2, -0.15) is 13.2 Å². The summed E-state index contributed by atoms with van der Waals surface area (Å²) in [6.07, 6.45) is -3.35. The summed E-state index contributed by atoms with van der Waals surface area (Å²) in [5.74, 6) is 0.